The highest BCUT2D eigenvalue weighted by Crippen LogP contribution is 2.26. The van der Waals surface area contributed by atoms with Crippen LogP contribution in [0.3, 0.4) is 0 Å². The van der Waals surface area contributed by atoms with E-state index >= 15 is 0 Å². The van der Waals surface area contributed by atoms with Gasteiger partial charge in [0.2, 0.25) is 10.0 Å². The Hall–Kier alpha value is -3.95. The van der Waals surface area contributed by atoms with Crippen molar-refractivity contribution in [2.45, 2.75) is 17.5 Å². The zero-order chi connectivity index (χ0) is 24.8. The van der Waals surface area contributed by atoms with E-state index in [2.05, 4.69) is 9.71 Å². The van der Waals surface area contributed by atoms with Gasteiger partial charge in [0.05, 0.1) is 16.2 Å². The number of benzene rings is 3. The van der Waals surface area contributed by atoms with E-state index in [4.69, 9.17) is 4.74 Å². The SMILES string of the molecule is O=C(OC(c1cccc(F)c1)c1ccccn1)c1cccc(CNS(=O)(=O)c2cccc(F)c2)c1. The van der Waals surface area contributed by atoms with Crippen molar-refractivity contribution in [2.24, 2.45) is 0 Å². The summed E-state index contributed by atoms with van der Waals surface area (Å²) in [4.78, 5) is 17.0. The van der Waals surface area contributed by atoms with E-state index in [1.807, 2.05) is 0 Å². The molecule has 1 heterocycles. The highest BCUT2D eigenvalue weighted by atomic mass is 32.2. The van der Waals surface area contributed by atoms with E-state index in [9.17, 15) is 22.0 Å². The number of pyridine rings is 1. The maximum atomic E-state index is 13.8. The molecule has 9 heteroatoms. The molecule has 1 atom stereocenters. The summed E-state index contributed by atoms with van der Waals surface area (Å²) in [5.41, 5.74) is 1.49. The van der Waals surface area contributed by atoms with Gasteiger partial charge < -0.3 is 4.74 Å². The van der Waals surface area contributed by atoms with E-state index in [1.165, 1.54) is 42.5 Å². The first-order valence-corrected chi connectivity index (χ1v) is 12.0. The van der Waals surface area contributed by atoms with E-state index in [0.717, 1.165) is 12.1 Å². The minimum absolute atomic E-state index is 0.131. The molecule has 0 amide bonds. The summed E-state index contributed by atoms with van der Waals surface area (Å²) < 4.78 is 60.2. The Bertz CT molecular complexity index is 1450. The second-order valence-electron chi connectivity index (χ2n) is 7.58. The molecule has 6 nitrogen and oxygen atoms in total. The number of hydrogen-bond donors (Lipinski definition) is 1. The standard InChI is InChI=1S/C26H20F2N2O4S/c27-21-9-4-7-19(15-21)25(24-12-1-2-13-29-24)34-26(31)20-8-3-6-18(14-20)17-30-35(32,33)23-11-5-10-22(28)16-23/h1-16,25,30H,17H2. The first-order valence-electron chi connectivity index (χ1n) is 10.5. The number of nitrogens with zero attached hydrogens (tertiary/aromatic N) is 1. The lowest BCUT2D eigenvalue weighted by Crippen LogP contribution is -2.23. The number of sulfonamides is 1. The van der Waals surface area contributed by atoms with Gasteiger partial charge in [-0.15, -0.1) is 0 Å². The van der Waals surface area contributed by atoms with E-state index < -0.39 is 33.7 Å². The molecule has 0 aliphatic carbocycles. The van der Waals surface area contributed by atoms with Gasteiger partial charge in [0.15, 0.2) is 6.10 Å². The van der Waals surface area contributed by atoms with Gasteiger partial charge >= 0.3 is 5.97 Å². The molecule has 3 aromatic carbocycles. The minimum atomic E-state index is -3.96. The molecule has 0 saturated carbocycles. The van der Waals surface area contributed by atoms with E-state index in [-0.39, 0.29) is 17.0 Å². The molecule has 4 rings (SSSR count). The Balaban J connectivity index is 1.52. The van der Waals surface area contributed by atoms with Crippen LogP contribution in [0.2, 0.25) is 0 Å². The fraction of sp³-hybridized carbons (Fsp3) is 0.0769. The quantitative estimate of drug-likeness (QED) is 0.356. The zero-order valence-corrected chi connectivity index (χ0v) is 19.1. The van der Waals surface area contributed by atoms with Gasteiger partial charge in [-0.2, -0.15) is 0 Å². The number of carbonyl (C=O) groups is 1. The summed E-state index contributed by atoms with van der Waals surface area (Å²) in [6, 6.07) is 21.7. The summed E-state index contributed by atoms with van der Waals surface area (Å²) in [6.07, 6.45) is 0.593. The summed E-state index contributed by atoms with van der Waals surface area (Å²) in [6.45, 7) is -0.131. The summed E-state index contributed by atoms with van der Waals surface area (Å²) >= 11 is 0. The number of halogens is 2. The number of ether oxygens (including phenoxy) is 1. The van der Waals surface area contributed by atoms with Crippen LogP contribution < -0.4 is 4.72 Å². The maximum absolute atomic E-state index is 13.8. The molecule has 35 heavy (non-hydrogen) atoms. The molecule has 0 aliphatic heterocycles. The van der Waals surface area contributed by atoms with Crippen molar-refractivity contribution in [1.29, 1.82) is 0 Å². The number of hydrogen-bond acceptors (Lipinski definition) is 5. The number of nitrogens with one attached hydrogen (secondary N) is 1. The van der Waals surface area contributed by atoms with Crippen molar-refractivity contribution in [3.05, 3.63) is 131 Å². The fourth-order valence-electron chi connectivity index (χ4n) is 3.38. The second-order valence-corrected chi connectivity index (χ2v) is 9.34. The normalized spacial score (nSPS) is 12.2. The lowest BCUT2D eigenvalue weighted by Gasteiger charge is -2.18. The van der Waals surface area contributed by atoms with Crippen LogP contribution in [0.4, 0.5) is 8.78 Å². The van der Waals surface area contributed by atoms with Crippen molar-refractivity contribution < 1.29 is 26.7 Å². The first-order chi connectivity index (χ1) is 16.8. The van der Waals surface area contributed by atoms with Crippen molar-refractivity contribution in [3.8, 4) is 0 Å². The fourth-order valence-corrected chi connectivity index (χ4v) is 4.43. The molecule has 0 aliphatic rings. The number of esters is 1. The molecule has 1 N–H and O–H groups in total. The number of rotatable bonds is 8. The highest BCUT2D eigenvalue weighted by Gasteiger charge is 2.22. The van der Waals surface area contributed by atoms with Crippen molar-refractivity contribution in [1.82, 2.24) is 9.71 Å². The first kappa shape index (κ1) is 24.2. The van der Waals surface area contributed by atoms with Gasteiger partial charge in [-0.3, -0.25) is 4.98 Å². The average molecular weight is 495 g/mol. The summed E-state index contributed by atoms with van der Waals surface area (Å²) in [5.74, 6) is -1.84. The van der Waals surface area contributed by atoms with E-state index in [0.29, 0.717) is 16.8 Å². The van der Waals surface area contributed by atoms with Gasteiger partial charge in [-0.05, 0) is 60.2 Å². The molecule has 1 aromatic heterocycles. The van der Waals surface area contributed by atoms with Crippen LogP contribution in [0.1, 0.15) is 33.3 Å². The molecule has 178 valence electrons. The van der Waals surface area contributed by atoms with Crippen molar-refractivity contribution in [2.75, 3.05) is 0 Å². The number of carbonyl (C=O) groups excluding carboxylic acids is 1. The molecule has 0 fully saturated rings. The number of aromatic nitrogens is 1. The van der Waals surface area contributed by atoms with Crippen LogP contribution >= 0.6 is 0 Å². The molecule has 1 unspecified atom stereocenters. The van der Waals surface area contributed by atoms with Crippen LogP contribution in [0.25, 0.3) is 0 Å². The van der Waals surface area contributed by atoms with Crippen LogP contribution in [-0.2, 0) is 21.3 Å². The van der Waals surface area contributed by atoms with Crippen LogP contribution in [0.15, 0.2) is 102 Å². The Kier molecular flexibility index (Phi) is 7.28. The predicted molar refractivity (Wildman–Crippen MR) is 125 cm³/mol. The molecule has 0 bridgehead atoms. The molecular formula is C26H20F2N2O4S. The van der Waals surface area contributed by atoms with Gasteiger partial charge in [0.25, 0.3) is 0 Å². The second kappa shape index (κ2) is 10.5. The Morgan fingerprint density at radius 1 is 0.886 bits per heavy atom. The predicted octanol–water partition coefficient (Wildman–Crippen LogP) is 4.78. The van der Waals surface area contributed by atoms with Gasteiger partial charge in [0, 0.05) is 18.3 Å². The summed E-state index contributed by atoms with van der Waals surface area (Å²) in [7, 11) is -3.96. The molecule has 0 radical (unpaired) electrons. The topological polar surface area (TPSA) is 85.4 Å². The Labute approximate surface area is 201 Å². The lowest BCUT2D eigenvalue weighted by atomic mass is 10.1. The zero-order valence-electron chi connectivity index (χ0n) is 18.3. The van der Waals surface area contributed by atoms with E-state index in [1.54, 1.807) is 42.6 Å². The monoisotopic (exact) mass is 494 g/mol. The third-order valence-corrected chi connectivity index (χ3v) is 6.47. The molecule has 0 saturated heterocycles. The smallest absolute Gasteiger partial charge is 0.339 e. The maximum Gasteiger partial charge on any atom is 0.339 e. The highest BCUT2D eigenvalue weighted by molar-refractivity contribution is 7.89. The molecule has 0 spiro atoms. The van der Waals surface area contributed by atoms with Crippen molar-refractivity contribution >= 4 is 16.0 Å². The Morgan fingerprint density at radius 3 is 2.34 bits per heavy atom. The third-order valence-electron chi connectivity index (χ3n) is 5.07. The third kappa shape index (κ3) is 6.14. The van der Waals surface area contributed by atoms with Gasteiger partial charge in [0.1, 0.15) is 11.6 Å². The molecule has 4 aromatic rings. The van der Waals surface area contributed by atoms with Gasteiger partial charge in [-0.25, -0.2) is 26.7 Å². The van der Waals surface area contributed by atoms with Gasteiger partial charge in [-0.1, -0.05) is 36.4 Å². The Morgan fingerprint density at radius 2 is 1.63 bits per heavy atom. The van der Waals surface area contributed by atoms with Crippen LogP contribution in [0.5, 0.6) is 0 Å². The van der Waals surface area contributed by atoms with Crippen LogP contribution in [0, 0.1) is 11.6 Å². The largest absolute Gasteiger partial charge is 0.447 e. The average Bonchev–Trinajstić information content (AvgIpc) is 2.87. The summed E-state index contributed by atoms with van der Waals surface area (Å²) in [5, 5.41) is 0. The molecular weight excluding hydrogens is 474 g/mol. The minimum Gasteiger partial charge on any atom is -0.447 e. The van der Waals surface area contributed by atoms with Crippen molar-refractivity contribution in [3.63, 3.8) is 0 Å². The lowest BCUT2D eigenvalue weighted by molar-refractivity contribution is 0.0370. The van der Waals surface area contributed by atoms with Crippen LogP contribution in [-0.4, -0.2) is 19.4 Å².